The van der Waals surface area contributed by atoms with Crippen LogP contribution in [0.5, 0.6) is 0 Å². The number of thioether (sulfide) groups is 2. The fraction of sp³-hybridized carbons (Fsp3) is 0.138. The van der Waals surface area contributed by atoms with E-state index in [1.807, 2.05) is 82.6 Å². The van der Waals surface area contributed by atoms with Crippen LogP contribution in [0.3, 0.4) is 0 Å². The second kappa shape index (κ2) is 32.9. The molecular formula is C80H52AlEuN19O17S5-3. The molecule has 0 aliphatic carbocycles. The van der Waals surface area contributed by atoms with Gasteiger partial charge in [-0.1, -0.05) is 24.3 Å². The summed E-state index contributed by atoms with van der Waals surface area (Å²) in [7, 11) is -10.1. The van der Waals surface area contributed by atoms with Gasteiger partial charge in [0.1, 0.15) is 54.3 Å². The zero-order valence-corrected chi connectivity index (χ0v) is 70.5. The number of β-lactam (4-membered cyclic amide) rings is 1. The summed E-state index contributed by atoms with van der Waals surface area (Å²) in [5.74, 6) is -4.98. The van der Waals surface area contributed by atoms with Gasteiger partial charge in [0.15, 0.2) is 23.3 Å². The van der Waals surface area contributed by atoms with E-state index in [0.717, 1.165) is 29.2 Å². The first-order chi connectivity index (χ1) is 58.4. The molecule has 9 aliphatic rings. The molecule has 2 radical (unpaired) electrons. The van der Waals surface area contributed by atoms with Crippen molar-refractivity contribution in [2.75, 3.05) is 18.1 Å². The molecule has 4 N–H and O–H groups in total. The Morgan fingerprint density at radius 3 is 1.59 bits per heavy atom. The maximum atomic E-state index is 14.7. The molecule has 2 atom stereocenters. The zero-order chi connectivity index (χ0) is 83.0. The van der Waals surface area contributed by atoms with Crippen molar-refractivity contribution >= 4 is 158 Å². The molecule has 36 nitrogen and oxygen atoms in total. The normalized spacial score (nSPS) is 17.6. The van der Waals surface area contributed by atoms with Crippen molar-refractivity contribution in [3.63, 3.8) is 0 Å². The van der Waals surface area contributed by atoms with Crippen molar-refractivity contribution in [1.29, 1.82) is 0 Å². The van der Waals surface area contributed by atoms with E-state index in [0.29, 0.717) is 106 Å². The maximum absolute atomic E-state index is 14.7. The molecule has 1 fully saturated rings. The number of aromatic nitrogens is 8. The Hall–Kier alpha value is -11.0. The van der Waals surface area contributed by atoms with Gasteiger partial charge in [-0.2, -0.15) is 4.33 Å². The SMILES string of the molecule is O.O=C(CNC(=O)c1cc2nc(c1)-c1cc(C(=O)[O-])cc(n1)CN1Cc3cccc(n3)-c3cccc(n3)CN(Cc3cccc(n3)-c3cccc(n3)C1)C2)NC1C(=O)N2C(C(=O)[O-])=C(CSc3ccc4c(c3)C3=NC4=Nc4c5cc(S(=O)(=O)[O-])ccc5c5[n]4[Al][n]4c(c6ccc(SOO[O-])cc6c4=NC4=NC(=N5)c5cc(S(=O)(=O)[O-])ccc54)=N3)CSC12.[Eu+2]. The molecule has 9 aliphatic heterocycles. The Kier molecular flexibility index (Phi) is 22.2. The molecule has 43 heteroatoms. The molecule has 123 heavy (non-hydrogen) atoms. The number of aromatic carboxylic acids is 1. The molecule has 20 bridgehead atoms. The number of carboxylic acids is 2. The first-order valence-electron chi connectivity index (χ1n) is 36.9. The summed E-state index contributed by atoms with van der Waals surface area (Å²) in [4.78, 5) is 135. The molecule has 0 saturated carbocycles. The number of fused-ring (bicyclic) bond motifs is 15. The molecule has 12 aromatic rings. The molecule has 3 amide bonds. The number of carboxylic acid groups (broad SMARTS) is 2. The van der Waals surface area contributed by atoms with Gasteiger partial charge in [-0.15, -0.1) is 23.5 Å². The summed E-state index contributed by atoms with van der Waals surface area (Å²) < 4.78 is 84.1. The number of pyridine rings is 6. The van der Waals surface area contributed by atoms with Gasteiger partial charge >= 0.3 is 65.0 Å². The third-order valence-corrected chi connectivity index (χ3v) is 27.1. The van der Waals surface area contributed by atoms with Crippen LogP contribution < -0.4 is 37.1 Å². The van der Waals surface area contributed by atoms with E-state index in [1.54, 1.807) is 49.6 Å². The monoisotopic (exact) mass is 1890 g/mol. The summed E-state index contributed by atoms with van der Waals surface area (Å²) in [6, 6.07) is 44.7. The first-order valence-corrected chi connectivity index (χ1v) is 43.5. The Bertz CT molecular complexity index is 7140. The smallest absolute Gasteiger partial charge is 0.744 e. The molecule has 1 saturated heterocycles. The molecule has 0 spiro atoms. The van der Waals surface area contributed by atoms with Crippen LogP contribution in [0.4, 0.5) is 11.6 Å². The van der Waals surface area contributed by atoms with E-state index >= 15 is 0 Å². The number of nitrogens with zero attached hydrogens (tertiary/aromatic N) is 17. The van der Waals surface area contributed by atoms with Crippen LogP contribution in [0.15, 0.2) is 231 Å². The average molecular weight is 1890 g/mol. The fourth-order valence-electron chi connectivity index (χ4n) is 15.7. The second-order valence-electron chi connectivity index (χ2n) is 28.8. The average Bonchev–Trinajstić information content (AvgIpc) is 1.58. The van der Waals surface area contributed by atoms with Crippen molar-refractivity contribution in [3.8, 4) is 34.2 Å². The Morgan fingerprint density at radius 1 is 0.512 bits per heavy atom. The van der Waals surface area contributed by atoms with E-state index in [4.69, 9.17) is 64.2 Å². The van der Waals surface area contributed by atoms with Crippen molar-refractivity contribution in [1.82, 2.24) is 62.3 Å². The van der Waals surface area contributed by atoms with Gasteiger partial charge in [-0.3, -0.25) is 34.1 Å². The van der Waals surface area contributed by atoms with Crippen LogP contribution in [-0.4, -0.2) is 181 Å². The molecule has 8 aromatic heterocycles. The fourth-order valence-corrected chi connectivity index (χ4v) is 20.9. The van der Waals surface area contributed by atoms with Crippen LogP contribution in [0.1, 0.15) is 77.1 Å². The number of carbonyl (C=O) groups is 5. The number of amidine groups is 4. The van der Waals surface area contributed by atoms with Crippen LogP contribution in [0, 0.1) is 49.4 Å². The molecule has 612 valence electrons. The number of rotatable bonds is 14. The number of aliphatic carboxylic acids is 1. The van der Waals surface area contributed by atoms with Gasteiger partial charge in [0, 0.05) is 115 Å². The van der Waals surface area contributed by atoms with Crippen LogP contribution in [-0.2, 0) is 83.3 Å². The Balaban J connectivity index is 0.00000516. The molecule has 2 unspecified atom stereocenters. The summed E-state index contributed by atoms with van der Waals surface area (Å²) in [5.41, 5.74) is 7.60. The molecule has 21 rings (SSSR count). The summed E-state index contributed by atoms with van der Waals surface area (Å²) in [5, 5.41) is 46.8. The minimum atomic E-state index is -5.10. The molecular weight excluding hydrogens is 1840 g/mol. The summed E-state index contributed by atoms with van der Waals surface area (Å²) in [6.45, 7) is 0.511. The molecule has 4 aromatic carbocycles. The van der Waals surface area contributed by atoms with Crippen molar-refractivity contribution < 1.29 is 130 Å². The van der Waals surface area contributed by atoms with E-state index in [-0.39, 0.29) is 202 Å². The quantitative estimate of drug-likeness (QED) is 0.0300. The Morgan fingerprint density at radius 2 is 1.01 bits per heavy atom. The predicted molar refractivity (Wildman–Crippen MR) is 431 cm³/mol. The van der Waals surface area contributed by atoms with Crippen LogP contribution in [0.25, 0.3) is 55.7 Å². The third kappa shape index (κ3) is 15.9. The van der Waals surface area contributed by atoms with Crippen molar-refractivity contribution in [2.24, 2.45) is 30.0 Å². The van der Waals surface area contributed by atoms with E-state index in [1.165, 1.54) is 53.9 Å². The van der Waals surface area contributed by atoms with Gasteiger partial charge in [0.05, 0.1) is 114 Å². The number of hydrogen-bond donors (Lipinski definition) is 2. The van der Waals surface area contributed by atoms with Crippen molar-refractivity contribution in [3.05, 3.63) is 260 Å². The number of benzene rings is 4. The number of amides is 3. The minimum Gasteiger partial charge on any atom is -0.744 e. The molecule has 17 heterocycles. The largest absolute Gasteiger partial charge is 2.00 e. The van der Waals surface area contributed by atoms with Crippen LogP contribution >= 0.6 is 35.6 Å². The van der Waals surface area contributed by atoms with E-state index in [9.17, 15) is 65.4 Å². The third-order valence-electron chi connectivity index (χ3n) is 21.0. The van der Waals surface area contributed by atoms with Crippen molar-refractivity contribution in [2.45, 2.75) is 70.3 Å². The number of nitrogens with one attached hydrogen (secondary N) is 2. The van der Waals surface area contributed by atoms with Gasteiger partial charge in [0.25, 0.3) is 11.8 Å². The van der Waals surface area contributed by atoms with E-state index in [2.05, 4.69) is 15.7 Å². The maximum Gasteiger partial charge on any atom is 2.00 e. The minimum absolute atomic E-state index is 0. The zero-order valence-electron chi connectivity index (χ0n) is 62.8. The number of aliphatic imine (C=N–C) groups is 4. The summed E-state index contributed by atoms with van der Waals surface area (Å²) >= 11 is 1.60. The van der Waals surface area contributed by atoms with Gasteiger partial charge < -0.3 is 57.4 Å². The number of carbonyl (C=O) groups excluding carboxylic acids is 5. The van der Waals surface area contributed by atoms with Gasteiger partial charge in [-0.25, -0.2) is 76.7 Å². The number of hydrogen-bond acceptors (Lipinski definition) is 33. The summed E-state index contributed by atoms with van der Waals surface area (Å²) in [6.07, 6.45) is 0. The van der Waals surface area contributed by atoms with Crippen LogP contribution in [0.2, 0.25) is 0 Å². The van der Waals surface area contributed by atoms with Gasteiger partial charge in [-0.05, 0) is 151 Å². The standard InChI is InChI=1S/C80H57N19O16S5.Al.Eu.H2O/c100-65(29-81-76(101)38-21-45-34-97-30-41-5-1-9-59(82-41)61-11-3-7-43(84-61)32-98(35-46-22-39(79(103)104)24-64(87-46)63(23-38)86-45)33-44-8-4-12-62(85-44)60-10-2-6-42(31-97)83-60)88-66-77(102)99-67(80(105)106)40(37-117-78(66)99)36-116-47-13-17-51-55(25-47)72-89-68(51)93-74-58-28-50(120(111,112)113)16-20-54(58)71(95-74)96-75-57-27-49(119(108,109)110)15-19-53(57)70(94-75)92-73-56-26-48(118-115-114-107)14-18-52(56)69(90-72)91-73;;;/h1-28,66,78H,29-37H2,(H9,81,82,83,84,85,86,87,88,89,90,91,92,93,94,95,96,100,101,103,104,105,106,107,108,109,110,111,112,113);;;1H2/q;2*+2;/p-7. The van der Waals surface area contributed by atoms with E-state index < -0.39 is 93.3 Å². The van der Waals surface area contributed by atoms with Gasteiger partial charge in [0.2, 0.25) is 5.91 Å². The predicted octanol–water partition coefficient (Wildman–Crippen LogP) is 2.38. The topological polar surface area (TPSA) is 514 Å². The second-order valence-corrected chi connectivity index (χ2v) is 35.8. The Labute approximate surface area is 754 Å². The first kappa shape index (κ1) is 82.9.